The van der Waals surface area contributed by atoms with Crippen molar-refractivity contribution in [3.8, 4) is 0 Å². The molecule has 1 unspecified atom stereocenters. The Morgan fingerprint density at radius 3 is 2.88 bits per heavy atom. The van der Waals surface area contributed by atoms with Crippen LogP contribution in [0.3, 0.4) is 0 Å². The molecule has 0 saturated heterocycles. The molecule has 0 amide bonds. The highest BCUT2D eigenvalue weighted by molar-refractivity contribution is 6.22. The number of halogens is 1. The van der Waals surface area contributed by atoms with E-state index in [0.29, 0.717) is 19.0 Å². The molecule has 2 aromatic heterocycles. The SMILES string of the molecule is CC[C@@H](CN)Nc1nc(NCC2=CC=C(C)C(Cl)C2)c2cnn(C)c2n1. The number of nitrogens with one attached hydrogen (secondary N) is 2. The van der Waals surface area contributed by atoms with Crippen LogP contribution in [-0.4, -0.2) is 44.3 Å². The van der Waals surface area contributed by atoms with Crippen LogP contribution in [-0.2, 0) is 7.05 Å². The quantitative estimate of drug-likeness (QED) is 0.644. The number of aryl methyl sites for hydroxylation is 1. The molecule has 0 saturated carbocycles. The lowest BCUT2D eigenvalue weighted by atomic mass is 9.99. The molecule has 2 heterocycles. The molecule has 0 fully saturated rings. The minimum absolute atomic E-state index is 0.0627. The summed E-state index contributed by atoms with van der Waals surface area (Å²) in [7, 11) is 1.87. The topological polar surface area (TPSA) is 93.7 Å². The van der Waals surface area contributed by atoms with Crippen LogP contribution in [0.4, 0.5) is 11.8 Å². The van der Waals surface area contributed by atoms with Gasteiger partial charge in [-0.25, -0.2) is 0 Å². The van der Waals surface area contributed by atoms with Gasteiger partial charge in [0.2, 0.25) is 5.95 Å². The van der Waals surface area contributed by atoms with Crippen molar-refractivity contribution >= 4 is 34.4 Å². The van der Waals surface area contributed by atoms with Crippen LogP contribution in [0.5, 0.6) is 0 Å². The minimum atomic E-state index is 0.0627. The van der Waals surface area contributed by atoms with E-state index in [-0.39, 0.29) is 11.4 Å². The summed E-state index contributed by atoms with van der Waals surface area (Å²) in [6.45, 7) is 5.35. The number of hydrogen-bond donors (Lipinski definition) is 3. The lowest BCUT2D eigenvalue weighted by Crippen LogP contribution is -2.29. The molecule has 0 aliphatic heterocycles. The monoisotopic (exact) mass is 375 g/mol. The molecule has 0 bridgehead atoms. The van der Waals surface area contributed by atoms with Crippen molar-refractivity contribution in [1.29, 1.82) is 0 Å². The minimum Gasteiger partial charge on any atom is -0.366 e. The van der Waals surface area contributed by atoms with Crippen molar-refractivity contribution in [3.05, 3.63) is 29.5 Å². The highest BCUT2D eigenvalue weighted by Crippen LogP contribution is 2.26. The highest BCUT2D eigenvalue weighted by atomic mass is 35.5. The van der Waals surface area contributed by atoms with E-state index in [2.05, 4.69) is 51.7 Å². The van der Waals surface area contributed by atoms with Crippen LogP contribution in [0.25, 0.3) is 11.0 Å². The summed E-state index contributed by atoms with van der Waals surface area (Å²) >= 11 is 6.36. The number of hydrogen-bond acceptors (Lipinski definition) is 6. The Morgan fingerprint density at radius 2 is 2.19 bits per heavy atom. The molecule has 0 aromatic carbocycles. The van der Waals surface area contributed by atoms with Crippen LogP contribution in [0.15, 0.2) is 29.5 Å². The van der Waals surface area contributed by atoms with Gasteiger partial charge in [-0.1, -0.05) is 24.6 Å². The van der Waals surface area contributed by atoms with Gasteiger partial charge >= 0.3 is 0 Å². The summed E-state index contributed by atoms with van der Waals surface area (Å²) in [4.78, 5) is 9.24. The lowest BCUT2D eigenvalue weighted by Gasteiger charge is -2.19. The van der Waals surface area contributed by atoms with Gasteiger partial charge in [-0.2, -0.15) is 15.1 Å². The summed E-state index contributed by atoms with van der Waals surface area (Å²) in [5.41, 5.74) is 9.02. The molecule has 2 aromatic rings. The predicted molar refractivity (Wildman–Crippen MR) is 108 cm³/mol. The van der Waals surface area contributed by atoms with Crippen LogP contribution in [0, 0.1) is 0 Å². The normalized spacial score (nSPS) is 18.4. The van der Waals surface area contributed by atoms with E-state index in [1.165, 1.54) is 11.1 Å². The third-order valence-electron chi connectivity index (χ3n) is 4.70. The Labute approximate surface area is 158 Å². The van der Waals surface area contributed by atoms with E-state index in [1.807, 2.05) is 7.05 Å². The number of alkyl halides is 1. The molecule has 140 valence electrons. The zero-order chi connectivity index (χ0) is 18.7. The first kappa shape index (κ1) is 18.7. The maximum absolute atomic E-state index is 6.36. The van der Waals surface area contributed by atoms with Crippen molar-refractivity contribution < 1.29 is 0 Å². The van der Waals surface area contributed by atoms with Gasteiger partial charge in [0.15, 0.2) is 5.65 Å². The predicted octanol–water partition coefficient (Wildman–Crippen LogP) is 2.81. The Hall–Kier alpha value is -2.12. The van der Waals surface area contributed by atoms with Crippen molar-refractivity contribution in [3.63, 3.8) is 0 Å². The fourth-order valence-electron chi connectivity index (χ4n) is 2.87. The summed E-state index contributed by atoms with van der Waals surface area (Å²) < 4.78 is 1.75. The maximum Gasteiger partial charge on any atom is 0.226 e. The number of fused-ring (bicyclic) bond motifs is 1. The molecule has 1 aliphatic carbocycles. The molecule has 3 rings (SSSR count). The first-order valence-corrected chi connectivity index (χ1v) is 9.36. The molecule has 2 atom stereocenters. The van der Waals surface area contributed by atoms with E-state index in [4.69, 9.17) is 17.3 Å². The third-order valence-corrected chi connectivity index (χ3v) is 5.20. The van der Waals surface area contributed by atoms with E-state index in [9.17, 15) is 0 Å². The largest absolute Gasteiger partial charge is 0.366 e. The van der Waals surface area contributed by atoms with E-state index >= 15 is 0 Å². The Bertz CT molecular complexity index is 835. The molecule has 0 spiro atoms. The number of allylic oxidation sites excluding steroid dienone is 3. The lowest BCUT2D eigenvalue weighted by molar-refractivity contribution is 0.695. The first-order valence-electron chi connectivity index (χ1n) is 8.92. The van der Waals surface area contributed by atoms with Gasteiger partial charge in [0.25, 0.3) is 0 Å². The molecule has 8 heteroatoms. The third kappa shape index (κ3) is 3.99. The average Bonchev–Trinajstić information content (AvgIpc) is 3.01. The van der Waals surface area contributed by atoms with Crippen LogP contribution in [0.1, 0.15) is 26.7 Å². The summed E-state index contributed by atoms with van der Waals surface area (Å²) in [6, 6.07) is 0.139. The van der Waals surface area contributed by atoms with Gasteiger partial charge in [0.1, 0.15) is 5.82 Å². The molecule has 7 nitrogen and oxygen atoms in total. The second-order valence-corrected chi connectivity index (χ2v) is 7.17. The zero-order valence-corrected chi connectivity index (χ0v) is 16.2. The second kappa shape index (κ2) is 8.05. The van der Waals surface area contributed by atoms with Gasteiger partial charge in [-0.3, -0.25) is 4.68 Å². The summed E-state index contributed by atoms with van der Waals surface area (Å²) in [5, 5.41) is 12.0. The molecule has 1 aliphatic rings. The van der Waals surface area contributed by atoms with Crippen LogP contribution >= 0.6 is 11.6 Å². The Balaban J connectivity index is 1.84. The fraction of sp³-hybridized carbons (Fsp3) is 0.500. The van der Waals surface area contributed by atoms with Gasteiger partial charge in [0.05, 0.1) is 17.0 Å². The number of nitrogens with zero attached hydrogens (tertiary/aromatic N) is 4. The van der Waals surface area contributed by atoms with Crippen LogP contribution < -0.4 is 16.4 Å². The number of nitrogens with two attached hydrogens (primary N) is 1. The molecular weight excluding hydrogens is 350 g/mol. The Morgan fingerprint density at radius 1 is 1.38 bits per heavy atom. The standard InChI is InChI=1S/C18H26ClN7/c1-4-13(8-20)23-18-24-16(14-10-22-26(3)17(14)25-18)21-9-12-6-5-11(2)15(19)7-12/h5-6,10,13,15H,4,7-9,20H2,1-3H3,(H2,21,23,24,25)/t13-,15?/m0/s1. The van der Waals surface area contributed by atoms with Crippen molar-refractivity contribution in [2.45, 2.75) is 38.1 Å². The molecular formula is C18H26ClN7. The van der Waals surface area contributed by atoms with E-state index in [0.717, 1.165) is 29.7 Å². The maximum atomic E-state index is 6.36. The van der Waals surface area contributed by atoms with Gasteiger partial charge in [0, 0.05) is 26.2 Å². The van der Waals surface area contributed by atoms with E-state index < -0.39 is 0 Å². The zero-order valence-electron chi connectivity index (χ0n) is 15.5. The smallest absolute Gasteiger partial charge is 0.226 e. The highest BCUT2D eigenvalue weighted by Gasteiger charge is 2.16. The van der Waals surface area contributed by atoms with Crippen molar-refractivity contribution in [1.82, 2.24) is 19.7 Å². The van der Waals surface area contributed by atoms with Crippen molar-refractivity contribution in [2.24, 2.45) is 12.8 Å². The van der Waals surface area contributed by atoms with Crippen molar-refractivity contribution in [2.75, 3.05) is 23.7 Å². The summed E-state index contributed by atoms with van der Waals surface area (Å²) in [6.07, 6.45) is 7.74. The number of rotatable bonds is 7. The molecule has 0 radical (unpaired) electrons. The van der Waals surface area contributed by atoms with Gasteiger partial charge < -0.3 is 16.4 Å². The van der Waals surface area contributed by atoms with E-state index in [1.54, 1.807) is 10.9 Å². The Kier molecular flexibility index (Phi) is 5.78. The first-order chi connectivity index (χ1) is 12.5. The van der Waals surface area contributed by atoms with Gasteiger partial charge in [-0.15, -0.1) is 11.6 Å². The number of aromatic nitrogens is 4. The second-order valence-electron chi connectivity index (χ2n) is 6.65. The van der Waals surface area contributed by atoms with Gasteiger partial charge in [-0.05, 0) is 25.3 Å². The average molecular weight is 376 g/mol. The summed E-state index contributed by atoms with van der Waals surface area (Å²) in [5.74, 6) is 1.32. The molecule has 4 N–H and O–H groups in total. The van der Waals surface area contributed by atoms with Crippen LogP contribution in [0.2, 0.25) is 0 Å². The molecule has 26 heavy (non-hydrogen) atoms. The number of anilines is 2. The fourth-order valence-corrected chi connectivity index (χ4v) is 3.14.